The van der Waals surface area contributed by atoms with Crippen molar-refractivity contribution in [3.8, 4) is 0 Å². The lowest BCUT2D eigenvalue weighted by Gasteiger charge is -2.40. The van der Waals surface area contributed by atoms with Crippen molar-refractivity contribution in [1.29, 1.82) is 0 Å². The zero-order valence-electron chi connectivity index (χ0n) is 15.3. The molecule has 27 heavy (non-hydrogen) atoms. The Labute approximate surface area is 158 Å². The van der Waals surface area contributed by atoms with Crippen LogP contribution in [0.3, 0.4) is 0 Å². The number of carbonyl (C=O) groups is 3. The van der Waals surface area contributed by atoms with Crippen LogP contribution in [0.1, 0.15) is 35.7 Å². The Balaban J connectivity index is 1.71. The molecule has 0 unspecified atom stereocenters. The molecule has 0 saturated carbocycles. The summed E-state index contributed by atoms with van der Waals surface area (Å²) < 4.78 is 0. The standard InChI is InChI=1S/C21H23N3O3/c1-15(25)23-18-9-7-16(8-10-18)19(26)24-13-11-21(12-14-24,20(22)27)17-5-3-2-4-6-17/h2-10H,11-14H2,1H3,(H2,22,27)(H,23,25). The van der Waals surface area contributed by atoms with Gasteiger partial charge in [0.05, 0.1) is 5.41 Å². The molecule has 3 amide bonds. The lowest BCUT2D eigenvalue weighted by atomic mass is 9.72. The van der Waals surface area contributed by atoms with Crippen molar-refractivity contribution < 1.29 is 14.4 Å². The van der Waals surface area contributed by atoms with Crippen molar-refractivity contribution in [1.82, 2.24) is 4.90 Å². The Morgan fingerprint density at radius 2 is 1.56 bits per heavy atom. The summed E-state index contributed by atoms with van der Waals surface area (Å²) >= 11 is 0. The average Bonchev–Trinajstić information content (AvgIpc) is 2.68. The number of amides is 3. The molecule has 1 aliphatic heterocycles. The molecule has 0 aromatic heterocycles. The highest BCUT2D eigenvalue weighted by molar-refractivity contribution is 5.96. The minimum Gasteiger partial charge on any atom is -0.369 e. The molecule has 140 valence electrons. The zero-order chi connectivity index (χ0) is 19.4. The zero-order valence-corrected chi connectivity index (χ0v) is 15.3. The summed E-state index contributed by atoms with van der Waals surface area (Å²) in [6, 6.07) is 16.3. The second-order valence-electron chi connectivity index (χ2n) is 6.86. The Kier molecular flexibility index (Phi) is 5.26. The molecular weight excluding hydrogens is 342 g/mol. The minimum absolute atomic E-state index is 0.0875. The highest BCUT2D eigenvalue weighted by Crippen LogP contribution is 2.35. The van der Waals surface area contributed by atoms with Crippen LogP contribution < -0.4 is 11.1 Å². The third kappa shape index (κ3) is 3.84. The molecule has 0 spiro atoms. The van der Waals surface area contributed by atoms with E-state index in [2.05, 4.69) is 5.32 Å². The van der Waals surface area contributed by atoms with E-state index in [4.69, 9.17) is 5.73 Å². The Hall–Kier alpha value is -3.15. The number of carbonyl (C=O) groups excluding carboxylic acids is 3. The quantitative estimate of drug-likeness (QED) is 0.871. The highest BCUT2D eigenvalue weighted by Gasteiger charge is 2.42. The molecule has 2 aromatic carbocycles. The number of anilines is 1. The maximum absolute atomic E-state index is 12.8. The number of nitrogens with one attached hydrogen (secondary N) is 1. The van der Waals surface area contributed by atoms with E-state index in [0.717, 1.165) is 5.56 Å². The van der Waals surface area contributed by atoms with Crippen molar-refractivity contribution >= 4 is 23.4 Å². The van der Waals surface area contributed by atoms with Gasteiger partial charge in [0.1, 0.15) is 0 Å². The van der Waals surface area contributed by atoms with E-state index in [1.165, 1.54) is 6.92 Å². The van der Waals surface area contributed by atoms with E-state index in [1.54, 1.807) is 29.2 Å². The molecule has 0 radical (unpaired) electrons. The number of piperidine rings is 1. The molecule has 3 rings (SSSR count). The predicted octanol–water partition coefficient (Wildman–Crippen LogP) is 2.30. The van der Waals surface area contributed by atoms with Crippen molar-refractivity contribution in [3.63, 3.8) is 0 Å². The van der Waals surface area contributed by atoms with E-state index in [1.807, 2.05) is 30.3 Å². The first kappa shape index (κ1) is 18.6. The largest absolute Gasteiger partial charge is 0.369 e. The third-order valence-corrected chi connectivity index (χ3v) is 5.15. The smallest absolute Gasteiger partial charge is 0.253 e. The highest BCUT2D eigenvalue weighted by atomic mass is 16.2. The topological polar surface area (TPSA) is 92.5 Å². The lowest BCUT2D eigenvalue weighted by Crippen LogP contribution is -2.51. The van der Waals surface area contributed by atoms with Gasteiger partial charge in [-0.2, -0.15) is 0 Å². The van der Waals surface area contributed by atoms with E-state index in [9.17, 15) is 14.4 Å². The van der Waals surface area contributed by atoms with Crippen LogP contribution in [0.5, 0.6) is 0 Å². The van der Waals surface area contributed by atoms with Crippen LogP contribution in [-0.4, -0.2) is 35.7 Å². The van der Waals surface area contributed by atoms with Crippen LogP contribution in [0.2, 0.25) is 0 Å². The Bertz CT molecular complexity index is 839. The third-order valence-electron chi connectivity index (χ3n) is 5.15. The molecule has 1 heterocycles. The van der Waals surface area contributed by atoms with Gasteiger partial charge in [-0.05, 0) is 42.7 Å². The Morgan fingerprint density at radius 3 is 2.07 bits per heavy atom. The second kappa shape index (κ2) is 7.61. The van der Waals surface area contributed by atoms with Gasteiger partial charge in [-0.25, -0.2) is 0 Å². The molecule has 6 heteroatoms. The second-order valence-corrected chi connectivity index (χ2v) is 6.86. The van der Waals surface area contributed by atoms with Crippen LogP contribution in [0.15, 0.2) is 54.6 Å². The van der Waals surface area contributed by atoms with Gasteiger partial charge < -0.3 is 16.0 Å². The van der Waals surface area contributed by atoms with Crippen molar-refractivity contribution in [2.75, 3.05) is 18.4 Å². The molecule has 1 saturated heterocycles. The molecule has 0 aliphatic carbocycles. The molecule has 3 N–H and O–H groups in total. The molecule has 1 aliphatic rings. The van der Waals surface area contributed by atoms with Gasteiger partial charge in [0.2, 0.25) is 11.8 Å². The lowest BCUT2D eigenvalue weighted by molar-refractivity contribution is -0.125. The first-order valence-corrected chi connectivity index (χ1v) is 8.95. The van der Waals surface area contributed by atoms with Gasteiger partial charge in [0.15, 0.2) is 0 Å². The number of rotatable bonds is 4. The maximum atomic E-state index is 12.8. The van der Waals surface area contributed by atoms with Crippen LogP contribution in [-0.2, 0) is 15.0 Å². The van der Waals surface area contributed by atoms with E-state index in [0.29, 0.717) is 37.2 Å². The summed E-state index contributed by atoms with van der Waals surface area (Å²) in [4.78, 5) is 37.8. The van der Waals surface area contributed by atoms with Gasteiger partial charge in [-0.3, -0.25) is 14.4 Å². The average molecular weight is 365 g/mol. The Morgan fingerprint density at radius 1 is 0.963 bits per heavy atom. The predicted molar refractivity (Wildman–Crippen MR) is 103 cm³/mol. The van der Waals surface area contributed by atoms with Crippen LogP contribution in [0.4, 0.5) is 5.69 Å². The number of hydrogen-bond donors (Lipinski definition) is 2. The van der Waals surface area contributed by atoms with Crippen LogP contribution >= 0.6 is 0 Å². The van der Waals surface area contributed by atoms with Gasteiger partial charge in [0, 0.05) is 31.3 Å². The first-order valence-electron chi connectivity index (χ1n) is 8.95. The normalized spacial score (nSPS) is 15.8. The number of nitrogens with zero attached hydrogens (tertiary/aromatic N) is 1. The number of hydrogen-bond acceptors (Lipinski definition) is 3. The molecule has 0 atom stereocenters. The fourth-order valence-corrected chi connectivity index (χ4v) is 3.61. The minimum atomic E-state index is -0.729. The number of nitrogens with two attached hydrogens (primary N) is 1. The number of likely N-dealkylation sites (tertiary alicyclic amines) is 1. The monoisotopic (exact) mass is 365 g/mol. The summed E-state index contributed by atoms with van der Waals surface area (Å²) in [5.41, 5.74) is 7.12. The van der Waals surface area contributed by atoms with Gasteiger partial charge in [-0.15, -0.1) is 0 Å². The molecule has 6 nitrogen and oxygen atoms in total. The summed E-state index contributed by atoms with van der Waals surface area (Å²) in [5.74, 6) is -0.593. The maximum Gasteiger partial charge on any atom is 0.253 e. The van der Waals surface area contributed by atoms with E-state index in [-0.39, 0.29) is 17.7 Å². The fourth-order valence-electron chi connectivity index (χ4n) is 3.61. The number of primary amides is 1. The molecule has 0 bridgehead atoms. The number of benzene rings is 2. The summed E-state index contributed by atoms with van der Waals surface area (Å²) in [6.07, 6.45) is 1.00. The van der Waals surface area contributed by atoms with Crippen LogP contribution in [0.25, 0.3) is 0 Å². The van der Waals surface area contributed by atoms with Crippen molar-refractivity contribution in [3.05, 3.63) is 65.7 Å². The first-order chi connectivity index (χ1) is 12.9. The molecule has 1 fully saturated rings. The van der Waals surface area contributed by atoms with Crippen molar-refractivity contribution in [2.24, 2.45) is 5.73 Å². The van der Waals surface area contributed by atoms with Gasteiger partial charge >= 0.3 is 0 Å². The van der Waals surface area contributed by atoms with Crippen LogP contribution in [0, 0.1) is 0 Å². The molecular formula is C21H23N3O3. The van der Waals surface area contributed by atoms with E-state index >= 15 is 0 Å². The van der Waals surface area contributed by atoms with Gasteiger partial charge in [-0.1, -0.05) is 30.3 Å². The van der Waals surface area contributed by atoms with Crippen molar-refractivity contribution in [2.45, 2.75) is 25.2 Å². The van der Waals surface area contributed by atoms with Gasteiger partial charge in [0.25, 0.3) is 5.91 Å². The summed E-state index contributed by atoms with van der Waals surface area (Å²) in [7, 11) is 0. The van der Waals surface area contributed by atoms with E-state index < -0.39 is 5.41 Å². The summed E-state index contributed by atoms with van der Waals surface area (Å²) in [5, 5.41) is 2.68. The summed E-state index contributed by atoms with van der Waals surface area (Å²) in [6.45, 7) is 2.36. The SMILES string of the molecule is CC(=O)Nc1ccc(C(=O)N2CCC(C(N)=O)(c3ccccc3)CC2)cc1. The fraction of sp³-hybridized carbons (Fsp3) is 0.286. The molecule has 2 aromatic rings.